The summed E-state index contributed by atoms with van der Waals surface area (Å²) in [7, 11) is 0. The first kappa shape index (κ1) is 24.6. The summed E-state index contributed by atoms with van der Waals surface area (Å²) >= 11 is 0. The van der Waals surface area contributed by atoms with Gasteiger partial charge in [-0.15, -0.1) is 0 Å². The molecule has 2 aromatic carbocycles. The Bertz CT molecular complexity index is 965. The highest BCUT2D eigenvalue weighted by Crippen LogP contribution is 2.35. The third-order valence-electron chi connectivity index (χ3n) is 5.93. The van der Waals surface area contributed by atoms with Gasteiger partial charge in [0.05, 0.1) is 0 Å². The van der Waals surface area contributed by atoms with Crippen LogP contribution in [0.4, 0.5) is 0 Å². The van der Waals surface area contributed by atoms with Crippen LogP contribution in [-0.4, -0.2) is 48.0 Å². The predicted octanol–water partition coefficient (Wildman–Crippen LogP) is 5.74. The van der Waals surface area contributed by atoms with Gasteiger partial charge in [0.1, 0.15) is 18.1 Å². The van der Waals surface area contributed by atoms with E-state index in [1.807, 2.05) is 36.4 Å². The van der Waals surface area contributed by atoms with Gasteiger partial charge in [-0.05, 0) is 90.9 Å². The van der Waals surface area contributed by atoms with Gasteiger partial charge in [0, 0.05) is 13.2 Å². The smallest absolute Gasteiger partial charge is 0.119 e. The minimum Gasteiger partial charge on any atom is -0.508 e. The zero-order valence-electron chi connectivity index (χ0n) is 19.4. The maximum atomic E-state index is 9.82. The van der Waals surface area contributed by atoms with Crippen molar-refractivity contribution in [2.24, 2.45) is 0 Å². The Labute approximate surface area is 197 Å². The molecule has 1 fully saturated rings. The second kappa shape index (κ2) is 12.8. The molecule has 0 aromatic heterocycles. The number of ether oxygens (including phenoxy) is 1. The third kappa shape index (κ3) is 6.95. The van der Waals surface area contributed by atoms with E-state index in [4.69, 9.17) is 4.74 Å². The summed E-state index contributed by atoms with van der Waals surface area (Å²) in [6.07, 6.45) is 9.41. The SMILES string of the molecule is C=C/C=C(C=C)/C(CCCO)=C(/c1ccc(O)cc1)c1ccc(OCCN2CCCC2)cc1. The lowest BCUT2D eigenvalue weighted by atomic mass is 9.87. The molecule has 0 bridgehead atoms. The fraction of sp³-hybridized carbons (Fsp3) is 0.310. The molecule has 174 valence electrons. The highest BCUT2D eigenvalue weighted by molar-refractivity contribution is 5.85. The summed E-state index contributed by atoms with van der Waals surface area (Å²) in [5.41, 5.74) is 5.11. The minimum absolute atomic E-state index is 0.106. The Morgan fingerprint density at radius 3 is 2.18 bits per heavy atom. The van der Waals surface area contributed by atoms with Crippen LogP contribution in [0.1, 0.15) is 36.8 Å². The number of hydrogen-bond acceptors (Lipinski definition) is 4. The first-order valence-corrected chi connectivity index (χ1v) is 11.7. The summed E-state index contributed by atoms with van der Waals surface area (Å²) in [6.45, 7) is 11.9. The molecule has 4 heteroatoms. The van der Waals surface area contributed by atoms with Crippen LogP contribution in [0.5, 0.6) is 11.5 Å². The van der Waals surface area contributed by atoms with E-state index >= 15 is 0 Å². The molecule has 0 radical (unpaired) electrons. The number of aliphatic hydroxyl groups excluding tert-OH is 1. The molecule has 33 heavy (non-hydrogen) atoms. The second-order valence-corrected chi connectivity index (χ2v) is 8.21. The molecule has 1 saturated heterocycles. The Morgan fingerprint density at radius 2 is 1.61 bits per heavy atom. The topological polar surface area (TPSA) is 52.9 Å². The first-order valence-electron chi connectivity index (χ1n) is 11.7. The van der Waals surface area contributed by atoms with Crippen LogP contribution >= 0.6 is 0 Å². The Kier molecular flexibility index (Phi) is 9.55. The molecule has 0 spiro atoms. The number of rotatable bonds is 12. The van der Waals surface area contributed by atoms with Crippen LogP contribution in [0, 0.1) is 0 Å². The van der Waals surface area contributed by atoms with Gasteiger partial charge < -0.3 is 14.9 Å². The molecule has 1 aliphatic heterocycles. The molecule has 0 aliphatic carbocycles. The molecule has 4 nitrogen and oxygen atoms in total. The number of hydrogen-bond donors (Lipinski definition) is 2. The predicted molar refractivity (Wildman–Crippen MR) is 137 cm³/mol. The van der Waals surface area contributed by atoms with Crippen LogP contribution in [0.15, 0.2) is 91.1 Å². The molecule has 0 amide bonds. The van der Waals surface area contributed by atoms with Crippen LogP contribution in [0.3, 0.4) is 0 Å². The molecule has 0 unspecified atom stereocenters. The van der Waals surface area contributed by atoms with Crippen molar-refractivity contribution in [3.05, 3.63) is 102 Å². The lowest BCUT2D eigenvalue weighted by Crippen LogP contribution is -2.25. The number of phenolic OH excluding ortho intramolecular Hbond substituents is 1. The fourth-order valence-corrected chi connectivity index (χ4v) is 4.25. The monoisotopic (exact) mass is 445 g/mol. The number of likely N-dealkylation sites (tertiary alicyclic amines) is 1. The lowest BCUT2D eigenvalue weighted by Gasteiger charge is -2.19. The van der Waals surface area contributed by atoms with Crippen molar-refractivity contribution in [1.29, 1.82) is 0 Å². The standard InChI is InChI=1S/C29H35NO3/c1-3-8-23(4-2)28(9-7-21-31)29(24-10-14-26(32)15-11-24)25-12-16-27(17-13-25)33-22-20-30-18-5-6-19-30/h3-4,8,10-17,31-32H,1-2,5-7,9,18-22H2/b23-8+,29-28-. The van der Waals surface area contributed by atoms with E-state index < -0.39 is 0 Å². The van der Waals surface area contributed by atoms with Gasteiger partial charge in [0.15, 0.2) is 0 Å². The van der Waals surface area contributed by atoms with E-state index in [-0.39, 0.29) is 12.4 Å². The number of benzene rings is 2. The number of allylic oxidation sites excluding steroid dienone is 5. The minimum atomic E-state index is 0.106. The maximum absolute atomic E-state index is 9.82. The number of aromatic hydroxyl groups is 1. The van der Waals surface area contributed by atoms with Crippen molar-refractivity contribution in [2.75, 3.05) is 32.8 Å². The number of nitrogens with zero attached hydrogens (tertiary/aromatic N) is 1. The van der Waals surface area contributed by atoms with E-state index in [0.717, 1.165) is 40.1 Å². The van der Waals surface area contributed by atoms with Gasteiger partial charge >= 0.3 is 0 Å². The summed E-state index contributed by atoms with van der Waals surface area (Å²) in [6, 6.07) is 15.4. The molecule has 3 rings (SSSR count). The number of phenols is 1. The van der Waals surface area contributed by atoms with E-state index in [9.17, 15) is 10.2 Å². The van der Waals surface area contributed by atoms with Crippen molar-refractivity contribution in [3.63, 3.8) is 0 Å². The van der Waals surface area contributed by atoms with Gasteiger partial charge in [0.25, 0.3) is 0 Å². The summed E-state index contributed by atoms with van der Waals surface area (Å²) in [5, 5.41) is 19.3. The van der Waals surface area contributed by atoms with Crippen molar-refractivity contribution >= 4 is 5.57 Å². The van der Waals surface area contributed by atoms with Gasteiger partial charge in [-0.2, -0.15) is 0 Å². The van der Waals surface area contributed by atoms with Crippen molar-refractivity contribution in [2.45, 2.75) is 25.7 Å². The Morgan fingerprint density at radius 1 is 0.970 bits per heavy atom. The van der Waals surface area contributed by atoms with Crippen LogP contribution in [-0.2, 0) is 0 Å². The molecule has 1 heterocycles. The zero-order chi connectivity index (χ0) is 23.5. The average Bonchev–Trinajstić information content (AvgIpc) is 3.36. The molecule has 1 aliphatic rings. The van der Waals surface area contributed by atoms with Crippen molar-refractivity contribution in [3.8, 4) is 11.5 Å². The third-order valence-corrected chi connectivity index (χ3v) is 5.93. The highest BCUT2D eigenvalue weighted by atomic mass is 16.5. The average molecular weight is 446 g/mol. The van der Waals surface area contributed by atoms with Crippen molar-refractivity contribution < 1.29 is 14.9 Å². The largest absolute Gasteiger partial charge is 0.508 e. The highest BCUT2D eigenvalue weighted by Gasteiger charge is 2.15. The second-order valence-electron chi connectivity index (χ2n) is 8.21. The van der Waals surface area contributed by atoms with E-state index in [2.05, 4.69) is 30.2 Å². The van der Waals surface area contributed by atoms with Gasteiger partial charge in [-0.3, -0.25) is 4.90 Å². The van der Waals surface area contributed by atoms with Crippen LogP contribution in [0.2, 0.25) is 0 Å². The molecular formula is C29H35NO3. The molecule has 0 atom stereocenters. The first-order chi connectivity index (χ1) is 16.2. The van der Waals surface area contributed by atoms with E-state index in [1.165, 1.54) is 25.9 Å². The Balaban J connectivity index is 1.94. The molecular weight excluding hydrogens is 410 g/mol. The Hall–Kier alpha value is -3.08. The lowest BCUT2D eigenvalue weighted by molar-refractivity contribution is 0.238. The zero-order valence-corrected chi connectivity index (χ0v) is 19.4. The normalized spacial score (nSPS) is 15.2. The molecule has 2 N–H and O–H groups in total. The van der Waals surface area contributed by atoms with Gasteiger partial charge in [0.2, 0.25) is 0 Å². The quantitative estimate of drug-likeness (QED) is 0.409. The number of aliphatic hydroxyl groups is 1. The van der Waals surface area contributed by atoms with Crippen molar-refractivity contribution in [1.82, 2.24) is 4.90 Å². The van der Waals surface area contributed by atoms with Crippen LogP contribution in [0.25, 0.3) is 5.57 Å². The van der Waals surface area contributed by atoms with Gasteiger partial charge in [-0.25, -0.2) is 0 Å². The summed E-state index contributed by atoms with van der Waals surface area (Å²) in [5.74, 6) is 1.08. The van der Waals surface area contributed by atoms with E-state index in [1.54, 1.807) is 18.2 Å². The van der Waals surface area contributed by atoms with E-state index in [0.29, 0.717) is 19.4 Å². The fourth-order valence-electron chi connectivity index (χ4n) is 4.25. The maximum Gasteiger partial charge on any atom is 0.119 e. The molecule has 2 aromatic rings. The van der Waals surface area contributed by atoms with Gasteiger partial charge in [-0.1, -0.05) is 55.7 Å². The summed E-state index contributed by atoms with van der Waals surface area (Å²) < 4.78 is 5.99. The van der Waals surface area contributed by atoms with Crippen LogP contribution < -0.4 is 4.74 Å². The molecule has 0 saturated carbocycles. The summed E-state index contributed by atoms with van der Waals surface area (Å²) in [4.78, 5) is 2.44.